The molecule has 0 aliphatic heterocycles. The first-order valence-electron chi connectivity index (χ1n) is 6.87. The molecular formula is C17H21NO3. The summed E-state index contributed by atoms with van der Waals surface area (Å²) in [6, 6.07) is 13.9. The largest absolute Gasteiger partial charge is 0.497 e. The Balaban J connectivity index is 2.40. The number of hydrogen-bond acceptors (Lipinski definition) is 4. The Morgan fingerprint density at radius 1 is 0.810 bits per heavy atom. The molecule has 0 N–H and O–H groups in total. The molecule has 0 radical (unpaired) electrons. The fourth-order valence-electron chi connectivity index (χ4n) is 2.29. The molecule has 0 aliphatic rings. The lowest BCUT2D eigenvalue weighted by atomic mass is 10.2. The van der Waals surface area contributed by atoms with Gasteiger partial charge in [-0.25, -0.2) is 0 Å². The molecule has 0 amide bonds. The predicted molar refractivity (Wildman–Crippen MR) is 85.2 cm³/mol. The third-order valence-corrected chi connectivity index (χ3v) is 3.36. The van der Waals surface area contributed by atoms with Gasteiger partial charge in [0.2, 0.25) is 0 Å². The lowest BCUT2D eigenvalue weighted by molar-refractivity contribution is 0.355. The second kappa shape index (κ2) is 6.88. The molecule has 112 valence electrons. The van der Waals surface area contributed by atoms with E-state index in [9.17, 15) is 0 Å². The van der Waals surface area contributed by atoms with E-state index in [2.05, 4.69) is 17.9 Å². The number of methoxy groups -OCH3 is 3. The molecule has 4 heteroatoms. The summed E-state index contributed by atoms with van der Waals surface area (Å²) in [5, 5.41) is 0. The zero-order valence-corrected chi connectivity index (χ0v) is 12.9. The van der Waals surface area contributed by atoms with Crippen molar-refractivity contribution in [3.63, 3.8) is 0 Å². The number of hydrogen-bond donors (Lipinski definition) is 0. The van der Waals surface area contributed by atoms with Crippen LogP contribution in [0.3, 0.4) is 0 Å². The first kappa shape index (κ1) is 15.0. The molecule has 2 aromatic rings. The molecule has 2 rings (SSSR count). The van der Waals surface area contributed by atoms with Crippen LogP contribution in [-0.2, 0) is 0 Å². The van der Waals surface area contributed by atoms with Gasteiger partial charge < -0.3 is 19.1 Å². The lowest BCUT2D eigenvalue weighted by Crippen LogP contribution is -2.16. The van der Waals surface area contributed by atoms with Crippen molar-refractivity contribution >= 4 is 11.4 Å². The van der Waals surface area contributed by atoms with Crippen molar-refractivity contribution in [2.45, 2.75) is 6.92 Å². The van der Waals surface area contributed by atoms with Gasteiger partial charge in [0, 0.05) is 30.1 Å². The highest BCUT2D eigenvalue weighted by Gasteiger charge is 2.11. The lowest BCUT2D eigenvalue weighted by Gasteiger charge is -2.24. The number of rotatable bonds is 6. The summed E-state index contributed by atoms with van der Waals surface area (Å²) in [4.78, 5) is 2.18. The normalized spacial score (nSPS) is 10.1. The molecule has 21 heavy (non-hydrogen) atoms. The van der Waals surface area contributed by atoms with Gasteiger partial charge in [0.1, 0.15) is 5.75 Å². The van der Waals surface area contributed by atoms with E-state index in [1.807, 2.05) is 36.4 Å². The second-order valence-electron chi connectivity index (χ2n) is 4.49. The smallest absolute Gasteiger partial charge is 0.162 e. The Morgan fingerprint density at radius 2 is 1.52 bits per heavy atom. The van der Waals surface area contributed by atoms with E-state index < -0.39 is 0 Å². The van der Waals surface area contributed by atoms with Gasteiger partial charge in [-0.05, 0) is 31.2 Å². The molecular weight excluding hydrogens is 266 g/mol. The predicted octanol–water partition coefficient (Wildman–Crippen LogP) is 3.87. The van der Waals surface area contributed by atoms with E-state index >= 15 is 0 Å². The van der Waals surface area contributed by atoms with Gasteiger partial charge in [-0.2, -0.15) is 0 Å². The summed E-state index contributed by atoms with van der Waals surface area (Å²) in [6.07, 6.45) is 0. The Bertz CT molecular complexity index is 598. The van der Waals surface area contributed by atoms with Gasteiger partial charge in [0.05, 0.1) is 21.3 Å². The molecule has 0 aliphatic carbocycles. The number of ether oxygens (including phenoxy) is 3. The number of anilines is 2. The Hall–Kier alpha value is -2.36. The molecule has 0 bridgehead atoms. The molecule has 0 saturated carbocycles. The molecule has 0 spiro atoms. The standard InChI is InChI=1S/C17H21NO3/c1-5-18(13-7-6-8-15(11-13)19-2)14-9-10-16(20-3)17(12-14)21-4/h6-12H,5H2,1-4H3. The molecule has 0 heterocycles. The van der Waals surface area contributed by atoms with Gasteiger partial charge in [-0.15, -0.1) is 0 Å². The minimum absolute atomic E-state index is 0.719. The molecule has 0 unspecified atom stereocenters. The van der Waals surface area contributed by atoms with E-state index in [1.165, 1.54) is 0 Å². The van der Waals surface area contributed by atoms with Crippen LogP contribution < -0.4 is 19.1 Å². The van der Waals surface area contributed by atoms with Crippen LogP contribution in [0.5, 0.6) is 17.2 Å². The van der Waals surface area contributed by atoms with Crippen molar-refractivity contribution in [3.05, 3.63) is 42.5 Å². The third kappa shape index (κ3) is 3.21. The maximum absolute atomic E-state index is 5.38. The van der Waals surface area contributed by atoms with Crippen molar-refractivity contribution < 1.29 is 14.2 Å². The number of nitrogens with zero attached hydrogens (tertiary/aromatic N) is 1. The highest BCUT2D eigenvalue weighted by molar-refractivity contribution is 5.67. The van der Waals surface area contributed by atoms with Crippen LogP contribution in [0.4, 0.5) is 11.4 Å². The molecule has 2 aromatic carbocycles. The first-order chi connectivity index (χ1) is 10.2. The molecule has 4 nitrogen and oxygen atoms in total. The summed E-state index contributed by atoms with van der Waals surface area (Å²) in [5.74, 6) is 2.28. The second-order valence-corrected chi connectivity index (χ2v) is 4.49. The molecule has 0 saturated heterocycles. The van der Waals surface area contributed by atoms with Crippen molar-refractivity contribution in [2.24, 2.45) is 0 Å². The zero-order valence-electron chi connectivity index (χ0n) is 12.9. The van der Waals surface area contributed by atoms with Crippen LogP contribution >= 0.6 is 0 Å². The van der Waals surface area contributed by atoms with E-state index in [0.717, 1.165) is 35.2 Å². The van der Waals surface area contributed by atoms with Crippen molar-refractivity contribution in [1.82, 2.24) is 0 Å². The fraction of sp³-hybridized carbons (Fsp3) is 0.294. The van der Waals surface area contributed by atoms with E-state index in [-0.39, 0.29) is 0 Å². The van der Waals surface area contributed by atoms with Gasteiger partial charge in [0.15, 0.2) is 11.5 Å². The fourth-order valence-corrected chi connectivity index (χ4v) is 2.29. The first-order valence-corrected chi connectivity index (χ1v) is 6.87. The minimum atomic E-state index is 0.719. The summed E-state index contributed by atoms with van der Waals surface area (Å²) in [6.45, 7) is 2.94. The van der Waals surface area contributed by atoms with Gasteiger partial charge >= 0.3 is 0 Å². The van der Waals surface area contributed by atoms with Gasteiger partial charge in [-0.3, -0.25) is 0 Å². The van der Waals surface area contributed by atoms with Crippen LogP contribution in [0.25, 0.3) is 0 Å². The maximum atomic E-state index is 5.38. The number of benzene rings is 2. The highest BCUT2D eigenvalue weighted by Crippen LogP contribution is 2.35. The third-order valence-electron chi connectivity index (χ3n) is 3.36. The van der Waals surface area contributed by atoms with Crippen LogP contribution in [0, 0.1) is 0 Å². The van der Waals surface area contributed by atoms with E-state index in [4.69, 9.17) is 14.2 Å². The van der Waals surface area contributed by atoms with Crippen LogP contribution in [0.1, 0.15) is 6.92 Å². The van der Waals surface area contributed by atoms with Crippen LogP contribution in [0.15, 0.2) is 42.5 Å². The summed E-state index contributed by atoms with van der Waals surface area (Å²) in [5.41, 5.74) is 2.12. The average molecular weight is 287 g/mol. The maximum Gasteiger partial charge on any atom is 0.162 e. The monoisotopic (exact) mass is 287 g/mol. The van der Waals surface area contributed by atoms with E-state index in [0.29, 0.717) is 0 Å². The van der Waals surface area contributed by atoms with Crippen molar-refractivity contribution in [1.29, 1.82) is 0 Å². The van der Waals surface area contributed by atoms with Crippen LogP contribution in [-0.4, -0.2) is 27.9 Å². The van der Waals surface area contributed by atoms with Crippen molar-refractivity contribution in [2.75, 3.05) is 32.8 Å². The van der Waals surface area contributed by atoms with Crippen LogP contribution in [0.2, 0.25) is 0 Å². The quantitative estimate of drug-likeness (QED) is 0.807. The van der Waals surface area contributed by atoms with Gasteiger partial charge in [0.25, 0.3) is 0 Å². The highest BCUT2D eigenvalue weighted by atomic mass is 16.5. The molecule has 0 aromatic heterocycles. The zero-order chi connectivity index (χ0) is 15.2. The minimum Gasteiger partial charge on any atom is -0.497 e. The SMILES string of the molecule is CCN(c1cccc(OC)c1)c1ccc(OC)c(OC)c1. The summed E-state index contributed by atoms with van der Waals surface area (Å²) in [7, 11) is 4.95. The Labute approximate surface area is 125 Å². The Kier molecular flexibility index (Phi) is 4.93. The molecule has 0 atom stereocenters. The average Bonchev–Trinajstić information content (AvgIpc) is 2.55. The van der Waals surface area contributed by atoms with E-state index in [1.54, 1.807) is 21.3 Å². The molecule has 0 fully saturated rings. The van der Waals surface area contributed by atoms with Crippen molar-refractivity contribution in [3.8, 4) is 17.2 Å². The summed E-state index contributed by atoms with van der Waals surface area (Å²) < 4.78 is 16.0. The topological polar surface area (TPSA) is 30.9 Å². The Morgan fingerprint density at radius 3 is 2.14 bits per heavy atom. The summed E-state index contributed by atoms with van der Waals surface area (Å²) >= 11 is 0. The van der Waals surface area contributed by atoms with Gasteiger partial charge in [-0.1, -0.05) is 6.07 Å².